The molecule has 7 heteroatoms. The molecule has 1 fully saturated rings. The van der Waals surface area contributed by atoms with E-state index in [1.165, 1.54) is 11.3 Å². The van der Waals surface area contributed by atoms with Gasteiger partial charge in [0.2, 0.25) is 5.91 Å². The molecule has 1 saturated heterocycles. The number of carbonyl (C=O) groups excluding carboxylic acids is 2. The zero-order valence-corrected chi connectivity index (χ0v) is 13.7. The first-order valence-electron chi connectivity index (χ1n) is 7.55. The van der Waals surface area contributed by atoms with E-state index in [0.717, 1.165) is 30.0 Å². The van der Waals surface area contributed by atoms with Gasteiger partial charge in [0.1, 0.15) is 9.88 Å². The van der Waals surface area contributed by atoms with Crippen molar-refractivity contribution in [1.82, 2.24) is 20.2 Å². The molecule has 0 saturated carbocycles. The third-order valence-electron chi connectivity index (χ3n) is 3.91. The predicted octanol–water partition coefficient (Wildman–Crippen LogP) is 1.80. The topological polar surface area (TPSA) is 75.2 Å². The van der Waals surface area contributed by atoms with Crippen LogP contribution in [0.1, 0.15) is 39.1 Å². The van der Waals surface area contributed by atoms with Gasteiger partial charge in [-0.15, -0.1) is 11.3 Å². The summed E-state index contributed by atoms with van der Waals surface area (Å²) in [5.74, 6) is -0.0582. The molecule has 2 aromatic rings. The molecule has 0 bridgehead atoms. The lowest BCUT2D eigenvalue weighted by Gasteiger charge is -2.23. The fourth-order valence-corrected chi connectivity index (χ4v) is 3.78. The SMILES string of the molecule is CNC(=O)c1cnc([C@H]2CCCN2C(=O)Cc2cccnc2)s1. The minimum atomic E-state index is -0.139. The Hall–Kier alpha value is -2.28. The number of amides is 2. The lowest BCUT2D eigenvalue weighted by atomic mass is 10.2. The van der Waals surface area contributed by atoms with Crippen LogP contribution in [0.5, 0.6) is 0 Å². The fourth-order valence-electron chi connectivity index (χ4n) is 2.77. The Morgan fingerprint density at radius 2 is 2.30 bits per heavy atom. The van der Waals surface area contributed by atoms with Crippen LogP contribution in [-0.4, -0.2) is 40.3 Å². The molecular weight excluding hydrogens is 312 g/mol. The summed E-state index contributed by atoms with van der Waals surface area (Å²) >= 11 is 1.36. The van der Waals surface area contributed by atoms with Gasteiger partial charge in [-0.05, 0) is 24.5 Å². The van der Waals surface area contributed by atoms with Gasteiger partial charge in [-0.25, -0.2) is 4.98 Å². The van der Waals surface area contributed by atoms with Crippen LogP contribution in [0.2, 0.25) is 0 Å². The second-order valence-electron chi connectivity index (χ2n) is 5.43. The van der Waals surface area contributed by atoms with E-state index < -0.39 is 0 Å². The molecule has 1 atom stereocenters. The van der Waals surface area contributed by atoms with Crippen molar-refractivity contribution in [2.24, 2.45) is 0 Å². The van der Waals surface area contributed by atoms with Crippen LogP contribution in [0.4, 0.5) is 0 Å². The largest absolute Gasteiger partial charge is 0.354 e. The van der Waals surface area contributed by atoms with Gasteiger partial charge in [-0.2, -0.15) is 0 Å². The number of aromatic nitrogens is 2. The summed E-state index contributed by atoms with van der Waals surface area (Å²) in [5, 5.41) is 3.43. The fraction of sp³-hybridized carbons (Fsp3) is 0.375. The molecule has 0 aliphatic carbocycles. The number of carbonyl (C=O) groups is 2. The second kappa shape index (κ2) is 6.87. The molecule has 3 rings (SSSR count). The van der Waals surface area contributed by atoms with Crippen molar-refractivity contribution in [2.45, 2.75) is 25.3 Å². The average molecular weight is 330 g/mol. The highest BCUT2D eigenvalue weighted by Gasteiger charge is 2.32. The van der Waals surface area contributed by atoms with Gasteiger partial charge >= 0.3 is 0 Å². The number of nitrogens with one attached hydrogen (secondary N) is 1. The minimum Gasteiger partial charge on any atom is -0.354 e. The highest BCUT2D eigenvalue weighted by molar-refractivity contribution is 7.13. The van der Waals surface area contributed by atoms with Crippen LogP contribution in [0.15, 0.2) is 30.7 Å². The number of likely N-dealkylation sites (tertiary alicyclic amines) is 1. The summed E-state index contributed by atoms with van der Waals surface area (Å²) in [6.07, 6.45) is 7.19. The third kappa shape index (κ3) is 3.39. The van der Waals surface area contributed by atoms with Crippen LogP contribution in [-0.2, 0) is 11.2 Å². The van der Waals surface area contributed by atoms with Crippen LogP contribution < -0.4 is 5.32 Å². The van der Waals surface area contributed by atoms with E-state index >= 15 is 0 Å². The monoisotopic (exact) mass is 330 g/mol. The summed E-state index contributed by atoms with van der Waals surface area (Å²) < 4.78 is 0. The molecule has 2 amide bonds. The molecule has 3 heterocycles. The van der Waals surface area contributed by atoms with Gasteiger partial charge in [0.05, 0.1) is 18.7 Å². The van der Waals surface area contributed by atoms with Gasteiger partial charge in [0.15, 0.2) is 0 Å². The zero-order valence-electron chi connectivity index (χ0n) is 12.9. The molecule has 1 N–H and O–H groups in total. The average Bonchev–Trinajstić information content (AvgIpc) is 3.23. The number of pyridine rings is 1. The Morgan fingerprint density at radius 3 is 3.04 bits per heavy atom. The number of rotatable bonds is 4. The molecule has 0 aromatic carbocycles. The number of hydrogen-bond acceptors (Lipinski definition) is 5. The highest BCUT2D eigenvalue weighted by Crippen LogP contribution is 2.34. The van der Waals surface area contributed by atoms with Crippen molar-refractivity contribution in [3.63, 3.8) is 0 Å². The van der Waals surface area contributed by atoms with E-state index in [1.54, 1.807) is 25.6 Å². The van der Waals surface area contributed by atoms with Crippen LogP contribution in [0.25, 0.3) is 0 Å². The summed E-state index contributed by atoms with van der Waals surface area (Å²) in [7, 11) is 1.60. The van der Waals surface area contributed by atoms with Crippen molar-refractivity contribution in [3.05, 3.63) is 46.2 Å². The molecule has 120 valence electrons. The first-order valence-corrected chi connectivity index (χ1v) is 8.37. The standard InChI is InChI=1S/C16H18N4O2S/c1-17-15(22)13-10-19-16(23-13)12-5-3-7-20(12)14(21)8-11-4-2-6-18-9-11/h2,4,6,9-10,12H,3,5,7-8H2,1H3,(H,17,22)/t12-/m1/s1. The summed E-state index contributed by atoms with van der Waals surface area (Å²) in [4.78, 5) is 35.1. The van der Waals surface area contributed by atoms with E-state index in [-0.39, 0.29) is 17.9 Å². The van der Waals surface area contributed by atoms with Gasteiger partial charge in [-0.3, -0.25) is 14.6 Å². The Balaban J connectivity index is 1.73. The maximum absolute atomic E-state index is 12.6. The van der Waals surface area contributed by atoms with Gasteiger partial charge in [-0.1, -0.05) is 6.07 Å². The number of nitrogens with zero attached hydrogens (tertiary/aromatic N) is 3. The maximum Gasteiger partial charge on any atom is 0.262 e. The normalized spacial score (nSPS) is 17.3. The summed E-state index contributed by atoms with van der Waals surface area (Å²) in [6.45, 7) is 0.735. The second-order valence-corrected chi connectivity index (χ2v) is 6.49. The smallest absolute Gasteiger partial charge is 0.262 e. The molecular formula is C16H18N4O2S. The molecule has 0 spiro atoms. The van der Waals surface area contributed by atoms with Crippen LogP contribution in [0, 0.1) is 0 Å². The van der Waals surface area contributed by atoms with Crippen LogP contribution >= 0.6 is 11.3 Å². The van der Waals surface area contributed by atoms with E-state index in [0.29, 0.717) is 11.3 Å². The van der Waals surface area contributed by atoms with Gasteiger partial charge < -0.3 is 10.2 Å². The molecule has 0 radical (unpaired) electrons. The molecule has 6 nitrogen and oxygen atoms in total. The Labute approximate surface area is 138 Å². The molecule has 0 unspecified atom stereocenters. The van der Waals surface area contributed by atoms with E-state index in [1.807, 2.05) is 17.0 Å². The first-order chi connectivity index (χ1) is 11.2. The zero-order chi connectivity index (χ0) is 16.2. The van der Waals surface area contributed by atoms with E-state index in [9.17, 15) is 9.59 Å². The van der Waals surface area contributed by atoms with Crippen molar-refractivity contribution in [3.8, 4) is 0 Å². The van der Waals surface area contributed by atoms with E-state index in [2.05, 4.69) is 15.3 Å². The van der Waals surface area contributed by atoms with Gasteiger partial charge in [0, 0.05) is 26.0 Å². The molecule has 1 aliphatic rings. The highest BCUT2D eigenvalue weighted by atomic mass is 32.1. The molecule has 23 heavy (non-hydrogen) atoms. The van der Waals surface area contributed by atoms with E-state index in [4.69, 9.17) is 0 Å². The van der Waals surface area contributed by atoms with Crippen molar-refractivity contribution in [2.75, 3.05) is 13.6 Å². The Bertz CT molecular complexity index is 701. The summed E-state index contributed by atoms with van der Waals surface area (Å²) in [5.41, 5.74) is 0.910. The van der Waals surface area contributed by atoms with Crippen LogP contribution in [0.3, 0.4) is 0 Å². The summed E-state index contributed by atoms with van der Waals surface area (Å²) in [6, 6.07) is 3.71. The lowest BCUT2D eigenvalue weighted by molar-refractivity contribution is -0.131. The van der Waals surface area contributed by atoms with Crippen molar-refractivity contribution >= 4 is 23.2 Å². The Kier molecular flexibility index (Phi) is 4.66. The first kappa shape index (κ1) is 15.6. The van der Waals surface area contributed by atoms with Gasteiger partial charge in [0.25, 0.3) is 5.91 Å². The predicted molar refractivity (Wildman–Crippen MR) is 87.1 cm³/mol. The number of thiazole rings is 1. The van der Waals surface area contributed by atoms with Crippen molar-refractivity contribution < 1.29 is 9.59 Å². The van der Waals surface area contributed by atoms with Crippen molar-refractivity contribution in [1.29, 1.82) is 0 Å². The number of hydrogen-bond donors (Lipinski definition) is 1. The third-order valence-corrected chi connectivity index (χ3v) is 5.01. The quantitative estimate of drug-likeness (QED) is 0.927. The molecule has 2 aromatic heterocycles. The maximum atomic E-state index is 12.6. The minimum absolute atomic E-state index is 0.0254. The Morgan fingerprint density at radius 1 is 1.43 bits per heavy atom. The molecule has 1 aliphatic heterocycles. The lowest BCUT2D eigenvalue weighted by Crippen LogP contribution is -2.31.